The van der Waals surface area contributed by atoms with Crippen LogP contribution in [-0.4, -0.2) is 5.75 Å². The minimum atomic E-state index is 0.434. The normalized spacial score (nSPS) is 15.8. The van der Waals surface area contributed by atoms with Crippen molar-refractivity contribution in [3.05, 3.63) is 4.91 Å². The van der Waals surface area contributed by atoms with Gasteiger partial charge in [-0.1, -0.05) is 34.1 Å². The molecule has 0 heterocycles. The molecule has 0 saturated carbocycles. The highest BCUT2D eigenvalue weighted by Gasteiger charge is 2.25. The van der Waals surface area contributed by atoms with E-state index in [1.54, 1.807) is 0 Å². The van der Waals surface area contributed by atoms with Gasteiger partial charge in [0.2, 0.25) is 0 Å². The molecule has 2 nitrogen and oxygen atoms in total. The zero-order valence-electron chi connectivity index (χ0n) is 9.17. The molecule has 0 fully saturated rings. The van der Waals surface area contributed by atoms with Gasteiger partial charge in [-0.25, -0.2) is 0 Å². The third-order valence-electron chi connectivity index (χ3n) is 3.24. The molecule has 0 aliphatic heterocycles. The Bertz CT molecular complexity index is 150. The van der Waals surface area contributed by atoms with Crippen molar-refractivity contribution in [2.45, 2.75) is 47.0 Å². The maximum absolute atomic E-state index is 9.85. The molecule has 0 rings (SSSR count). The topological polar surface area (TPSA) is 29.4 Å². The number of hydrogen-bond donors (Lipinski definition) is 0. The molecular formula is C10H21NOS. The van der Waals surface area contributed by atoms with Crippen LogP contribution in [0.1, 0.15) is 47.0 Å². The molecule has 0 aromatic carbocycles. The van der Waals surface area contributed by atoms with E-state index in [4.69, 9.17) is 0 Å². The van der Waals surface area contributed by atoms with E-state index >= 15 is 0 Å². The SMILES string of the molecule is CCC(C)(CCCSN=O)C(C)C. The molecule has 0 aromatic rings. The second kappa shape index (κ2) is 6.41. The van der Waals surface area contributed by atoms with E-state index < -0.39 is 0 Å². The predicted octanol–water partition coefficient (Wildman–Crippen LogP) is 4.25. The van der Waals surface area contributed by atoms with E-state index in [2.05, 4.69) is 32.3 Å². The van der Waals surface area contributed by atoms with E-state index in [1.807, 2.05) is 0 Å². The first kappa shape index (κ1) is 12.9. The fourth-order valence-corrected chi connectivity index (χ4v) is 1.80. The van der Waals surface area contributed by atoms with Crippen molar-refractivity contribution in [1.29, 1.82) is 0 Å². The summed E-state index contributed by atoms with van der Waals surface area (Å²) in [5, 5.41) is 0. The lowest BCUT2D eigenvalue weighted by atomic mass is 9.74. The van der Waals surface area contributed by atoms with Gasteiger partial charge in [-0.3, -0.25) is 0 Å². The Morgan fingerprint density at radius 3 is 2.46 bits per heavy atom. The molecule has 0 spiro atoms. The van der Waals surface area contributed by atoms with E-state index in [0.717, 1.165) is 24.1 Å². The maximum atomic E-state index is 9.85. The second-order valence-electron chi connectivity index (χ2n) is 4.17. The number of hydrogen-bond acceptors (Lipinski definition) is 3. The largest absolute Gasteiger partial charge is 0.137 e. The summed E-state index contributed by atoms with van der Waals surface area (Å²) >= 11 is 1.14. The highest BCUT2D eigenvalue weighted by Crippen LogP contribution is 2.35. The molecule has 0 bridgehead atoms. The van der Waals surface area contributed by atoms with Gasteiger partial charge in [-0.2, -0.15) is 0 Å². The summed E-state index contributed by atoms with van der Waals surface area (Å²) in [7, 11) is 0. The average molecular weight is 203 g/mol. The molecule has 0 saturated heterocycles. The zero-order chi connectivity index (χ0) is 10.3. The van der Waals surface area contributed by atoms with Crippen LogP contribution in [0.5, 0.6) is 0 Å². The molecule has 0 radical (unpaired) electrons. The first-order valence-electron chi connectivity index (χ1n) is 5.01. The molecule has 0 aliphatic rings. The van der Waals surface area contributed by atoms with Crippen LogP contribution < -0.4 is 0 Å². The van der Waals surface area contributed by atoms with Crippen molar-refractivity contribution in [3.63, 3.8) is 0 Å². The number of nitrogens with zero attached hydrogens (tertiary/aromatic N) is 1. The van der Waals surface area contributed by atoms with Crippen molar-refractivity contribution in [1.82, 2.24) is 0 Å². The van der Waals surface area contributed by atoms with Gasteiger partial charge in [0.05, 0.1) is 0 Å². The average Bonchev–Trinajstić information content (AvgIpc) is 2.12. The summed E-state index contributed by atoms with van der Waals surface area (Å²) in [4.78, 5) is 9.85. The fourth-order valence-electron chi connectivity index (χ4n) is 1.45. The van der Waals surface area contributed by atoms with Crippen LogP contribution in [0, 0.1) is 16.2 Å². The smallest absolute Gasteiger partial charge is 0.0203 e. The molecule has 0 aromatic heterocycles. The van der Waals surface area contributed by atoms with Gasteiger partial charge in [0.1, 0.15) is 0 Å². The lowest BCUT2D eigenvalue weighted by molar-refractivity contribution is 0.189. The van der Waals surface area contributed by atoms with Crippen molar-refractivity contribution in [3.8, 4) is 0 Å². The van der Waals surface area contributed by atoms with Gasteiger partial charge in [-0.05, 0) is 24.2 Å². The molecule has 0 aliphatic carbocycles. The minimum absolute atomic E-state index is 0.434. The van der Waals surface area contributed by atoms with Crippen LogP contribution >= 0.6 is 11.9 Å². The third kappa shape index (κ3) is 4.65. The van der Waals surface area contributed by atoms with Gasteiger partial charge in [0, 0.05) is 22.3 Å². The van der Waals surface area contributed by atoms with Gasteiger partial charge < -0.3 is 0 Å². The minimum Gasteiger partial charge on any atom is -0.137 e. The van der Waals surface area contributed by atoms with Crippen LogP contribution in [0.15, 0.2) is 4.58 Å². The molecule has 13 heavy (non-hydrogen) atoms. The van der Waals surface area contributed by atoms with Crippen LogP contribution in [0.4, 0.5) is 0 Å². The Labute approximate surface area is 86.0 Å². The fraction of sp³-hybridized carbons (Fsp3) is 1.00. The molecule has 78 valence electrons. The summed E-state index contributed by atoms with van der Waals surface area (Å²) in [5.74, 6) is 1.58. The predicted molar refractivity (Wildman–Crippen MR) is 60.7 cm³/mol. The van der Waals surface area contributed by atoms with Crippen LogP contribution in [0.25, 0.3) is 0 Å². The summed E-state index contributed by atoms with van der Waals surface area (Å²) in [5.41, 5.74) is 0.434. The monoisotopic (exact) mass is 203 g/mol. The second-order valence-corrected chi connectivity index (χ2v) is 4.99. The molecular weight excluding hydrogens is 182 g/mol. The highest BCUT2D eigenvalue weighted by molar-refractivity contribution is 7.97. The Morgan fingerprint density at radius 2 is 2.08 bits per heavy atom. The summed E-state index contributed by atoms with van der Waals surface area (Å²) in [6.07, 6.45) is 3.51. The van der Waals surface area contributed by atoms with Gasteiger partial charge in [0.25, 0.3) is 0 Å². The molecule has 0 N–H and O–H groups in total. The van der Waals surface area contributed by atoms with Crippen molar-refractivity contribution in [2.24, 2.45) is 15.9 Å². The quantitative estimate of drug-likeness (QED) is 0.351. The Hall–Kier alpha value is -0.0500. The maximum Gasteiger partial charge on any atom is 0.0203 e. The standard InChI is InChI=1S/C10H21NOS/c1-5-10(4,9(2)3)7-6-8-13-11-12/h9H,5-8H2,1-4H3. The number of rotatable bonds is 7. The van der Waals surface area contributed by atoms with Gasteiger partial charge in [-0.15, -0.1) is 4.91 Å². The van der Waals surface area contributed by atoms with Crippen molar-refractivity contribution < 1.29 is 0 Å². The Morgan fingerprint density at radius 1 is 1.46 bits per heavy atom. The first-order chi connectivity index (χ1) is 6.06. The molecule has 3 heteroatoms. The summed E-state index contributed by atoms with van der Waals surface area (Å²) in [6.45, 7) is 9.12. The zero-order valence-corrected chi connectivity index (χ0v) is 9.99. The van der Waals surface area contributed by atoms with Crippen LogP contribution in [0.3, 0.4) is 0 Å². The van der Waals surface area contributed by atoms with Crippen molar-refractivity contribution >= 4 is 11.9 Å². The van der Waals surface area contributed by atoms with Crippen LogP contribution in [-0.2, 0) is 0 Å². The molecule has 0 amide bonds. The van der Waals surface area contributed by atoms with Crippen LogP contribution in [0.2, 0.25) is 0 Å². The number of nitroso groups, excluding NO2 is 1. The Kier molecular flexibility index (Phi) is 6.39. The molecule has 1 unspecified atom stereocenters. The van der Waals surface area contributed by atoms with E-state index in [1.165, 1.54) is 12.8 Å². The third-order valence-corrected chi connectivity index (χ3v) is 3.81. The van der Waals surface area contributed by atoms with E-state index in [-0.39, 0.29) is 0 Å². The molecule has 1 atom stereocenters. The van der Waals surface area contributed by atoms with Gasteiger partial charge in [0.15, 0.2) is 0 Å². The lowest BCUT2D eigenvalue weighted by Gasteiger charge is -2.32. The first-order valence-corrected chi connectivity index (χ1v) is 5.95. The lowest BCUT2D eigenvalue weighted by Crippen LogP contribution is -2.22. The van der Waals surface area contributed by atoms with Gasteiger partial charge >= 0.3 is 0 Å². The highest BCUT2D eigenvalue weighted by atomic mass is 32.2. The van der Waals surface area contributed by atoms with Crippen molar-refractivity contribution in [2.75, 3.05) is 5.75 Å². The van der Waals surface area contributed by atoms with E-state index in [0.29, 0.717) is 11.3 Å². The summed E-state index contributed by atoms with van der Waals surface area (Å²) < 4.78 is 2.79. The van der Waals surface area contributed by atoms with E-state index in [9.17, 15) is 4.91 Å². The Balaban J connectivity index is 3.77. The summed E-state index contributed by atoms with van der Waals surface area (Å²) in [6, 6.07) is 0.